The zero-order valence-electron chi connectivity index (χ0n) is 57.8. The molecule has 0 aromatic heterocycles. The van der Waals surface area contributed by atoms with Crippen LogP contribution in [0.25, 0.3) is 0 Å². The Hall–Kier alpha value is -2.03. The van der Waals surface area contributed by atoms with E-state index < -0.39 is 26.5 Å². The lowest BCUT2D eigenvalue weighted by Gasteiger charge is -2.24. The molecule has 0 amide bonds. The number of quaternary nitrogens is 1. The highest BCUT2D eigenvalue weighted by molar-refractivity contribution is 7.47. The van der Waals surface area contributed by atoms with E-state index in [1.54, 1.807) is 0 Å². The summed E-state index contributed by atoms with van der Waals surface area (Å²) in [6, 6.07) is 0. The summed E-state index contributed by atoms with van der Waals surface area (Å²) in [7, 11) is 1.49. The first kappa shape index (κ1) is 84.0. The SMILES string of the molecule is CCCCCCC/C=C\C/C=C\CCCCCCCCCCCCCCCCCCCCCCCCCCCCCC(=O)OC(COC(=O)CCCCCCCCCCCCC/C=C\C/C=C\CCCCCCC)COP(=O)(O)OCC[N+](C)(C)C. The minimum Gasteiger partial charge on any atom is -0.462 e. The van der Waals surface area contributed by atoms with Gasteiger partial charge in [-0.15, -0.1) is 0 Å². The Kier molecular flexibility index (Phi) is 65.8. The fourth-order valence-electron chi connectivity index (χ4n) is 11.1. The van der Waals surface area contributed by atoms with Crippen LogP contribution in [0.3, 0.4) is 0 Å². The normalized spacial score (nSPS) is 13.3. The number of allylic oxidation sites excluding steroid dienone is 8. The fraction of sp³-hybridized carbons (Fsp3) is 0.868. The molecule has 0 aliphatic carbocycles. The van der Waals surface area contributed by atoms with E-state index in [1.807, 2.05) is 21.1 Å². The molecule has 0 aromatic carbocycles. The second kappa shape index (κ2) is 67.4. The van der Waals surface area contributed by atoms with Gasteiger partial charge in [-0.05, 0) is 77.0 Å². The maximum Gasteiger partial charge on any atom is 0.472 e. The summed E-state index contributed by atoms with van der Waals surface area (Å²) in [6.07, 6.45) is 88.1. The van der Waals surface area contributed by atoms with Crippen LogP contribution in [0.5, 0.6) is 0 Å². The number of ether oxygens (including phenoxy) is 2. The van der Waals surface area contributed by atoms with Crippen LogP contribution >= 0.6 is 7.82 Å². The third-order valence-electron chi connectivity index (χ3n) is 16.8. The molecule has 2 atom stereocenters. The van der Waals surface area contributed by atoms with Crippen LogP contribution in [-0.4, -0.2) is 74.9 Å². The molecule has 0 heterocycles. The Morgan fingerprint density at radius 2 is 0.628 bits per heavy atom. The van der Waals surface area contributed by atoms with E-state index in [0.717, 1.165) is 44.9 Å². The van der Waals surface area contributed by atoms with Crippen LogP contribution in [0.4, 0.5) is 0 Å². The molecule has 0 rings (SSSR count). The van der Waals surface area contributed by atoms with Gasteiger partial charge >= 0.3 is 19.8 Å². The van der Waals surface area contributed by atoms with Gasteiger partial charge in [0.25, 0.3) is 0 Å². The first-order valence-electron chi connectivity index (χ1n) is 37.4. The number of phosphoric ester groups is 1. The quantitative estimate of drug-likeness (QED) is 0.0211. The van der Waals surface area contributed by atoms with E-state index in [2.05, 4.69) is 62.5 Å². The second-order valence-electron chi connectivity index (χ2n) is 26.7. The minimum absolute atomic E-state index is 0.0333. The van der Waals surface area contributed by atoms with Gasteiger partial charge < -0.3 is 18.9 Å². The van der Waals surface area contributed by atoms with Gasteiger partial charge in [0.15, 0.2) is 6.10 Å². The van der Waals surface area contributed by atoms with Crippen LogP contribution in [0.1, 0.15) is 373 Å². The number of hydrogen-bond donors (Lipinski definition) is 1. The molecule has 0 spiro atoms. The molecule has 0 aromatic rings. The highest BCUT2D eigenvalue weighted by Gasteiger charge is 2.27. The maximum absolute atomic E-state index is 12.9. The van der Waals surface area contributed by atoms with Crippen LogP contribution in [0.2, 0.25) is 0 Å². The van der Waals surface area contributed by atoms with Gasteiger partial charge in [0.1, 0.15) is 19.8 Å². The average molecular weight is 1230 g/mol. The Morgan fingerprint density at radius 1 is 0.360 bits per heavy atom. The summed E-state index contributed by atoms with van der Waals surface area (Å²) in [5.74, 6) is -0.781. The van der Waals surface area contributed by atoms with Crippen molar-refractivity contribution >= 4 is 19.8 Å². The summed E-state index contributed by atoms with van der Waals surface area (Å²) in [4.78, 5) is 35.9. The van der Waals surface area contributed by atoms with Crippen LogP contribution in [-0.2, 0) is 32.7 Å². The largest absolute Gasteiger partial charge is 0.472 e. The number of esters is 2. The molecule has 0 aliphatic rings. The molecule has 0 saturated carbocycles. The lowest BCUT2D eigenvalue weighted by atomic mass is 10.0. The first-order chi connectivity index (χ1) is 42.0. The monoisotopic (exact) mass is 1230 g/mol. The third kappa shape index (κ3) is 71.1. The Morgan fingerprint density at radius 3 is 0.919 bits per heavy atom. The Bertz CT molecular complexity index is 1590. The van der Waals surface area contributed by atoms with Crippen molar-refractivity contribution in [3.05, 3.63) is 48.6 Å². The lowest BCUT2D eigenvalue weighted by Crippen LogP contribution is -2.37. The topological polar surface area (TPSA) is 108 Å². The average Bonchev–Trinajstić information content (AvgIpc) is 3.56. The van der Waals surface area contributed by atoms with Crippen molar-refractivity contribution in [3.63, 3.8) is 0 Å². The van der Waals surface area contributed by atoms with Crippen molar-refractivity contribution in [2.24, 2.45) is 0 Å². The van der Waals surface area contributed by atoms with Gasteiger partial charge in [-0.2, -0.15) is 0 Å². The number of nitrogens with zero attached hydrogens (tertiary/aromatic N) is 1. The predicted molar refractivity (Wildman–Crippen MR) is 372 cm³/mol. The molecule has 506 valence electrons. The number of phosphoric acid groups is 1. The molecular weight excluding hydrogens is 1090 g/mol. The smallest absolute Gasteiger partial charge is 0.462 e. The summed E-state index contributed by atoms with van der Waals surface area (Å²) < 4.78 is 34.8. The van der Waals surface area contributed by atoms with Gasteiger partial charge in [0, 0.05) is 12.8 Å². The molecule has 0 aliphatic heterocycles. The number of unbranched alkanes of at least 4 members (excludes halogenated alkanes) is 48. The highest BCUT2D eigenvalue weighted by atomic mass is 31.2. The van der Waals surface area contributed by atoms with Crippen LogP contribution in [0, 0.1) is 0 Å². The van der Waals surface area contributed by atoms with E-state index in [-0.39, 0.29) is 32.0 Å². The van der Waals surface area contributed by atoms with Crippen molar-refractivity contribution in [2.45, 2.75) is 380 Å². The van der Waals surface area contributed by atoms with E-state index in [9.17, 15) is 19.0 Å². The molecule has 1 N–H and O–H groups in total. The highest BCUT2D eigenvalue weighted by Crippen LogP contribution is 2.43. The van der Waals surface area contributed by atoms with Gasteiger partial charge in [0.05, 0.1) is 27.7 Å². The van der Waals surface area contributed by atoms with Crippen molar-refractivity contribution in [1.82, 2.24) is 0 Å². The van der Waals surface area contributed by atoms with Crippen molar-refractivity contribution in [3.8, 4) is 0 Å². The minimum atomic E-state index is -4.39. The molecule has 0 bridgehead atoms. The number of rotatable bonds is 70. The predicted octanol–water partition coefficient (Wildman–Crippen LogP) is 24.4. The molecule has 0 saturated heterocycles. The first-order valence-corrected chi connectivity index (χ1v) is 38.9. The van der Waals surface area contributed by atoms with Crippen molar-refractivity contribution in [2.75, 3.05) is 47.5 Å². The fourth-order valence-corrected chi connectivity index (χ4v) is 11.8. The van der Waals surface area contributed by atoms with Crippen LogP contribution in [0.15, 0.2) is 48.6 Å². The molecule has 86 heavy (non-hydrogen) atoms. The van der Waals surface area contributed by atoms with Crippen molar-refractivity contribution in [1.29, 1.82) is 0 Å². The number of hydrogen-bond acceptors (Lipinski definition) is 7. The number of likely N-dealkylation sites (N-methyl/N-ethyl adjacent to an activating group) is 1. The molecule has 9 nitrogen and oxygen atoms in total. The zero-order chi connectivity index (χ0) is 62.6. The zero-order valence-corrected chi connectivity index (χ0v) is 58.7. The third-order valence-corrected chi connectivity index (χ3v) is 17.8. The van der Waals surface area contributed by atoms with E-state index in [1.165, 1.54) is 295 Å². The number of carbonyl (C=O) groups is 2. The second-order valence-corrected chi connectivity index (χ2v) is 28.1. The van der Waals surface area contributed by atoms with Gasteiger partial charge in [-0.1, -0.05) is 332 Å². The molecular formula is C76H145NO8P+. The maximum atomic E-state index is 12.9. The summed E-state index contributed by atoms with van der Waals surface area (Å²) in [6.45, 7) is 4.47. The summed E-state index contributed by atoms with van der Waals surface area (Å²) in [5, 5.41) is 0. The van der Waals surface area contributed by atoms with E-state index in [4.69, 9.17) is 18.5 Å². The van der Waals surface area contributed by atoms with E-state index >= 15 is 0 Å². The van der Waals surface area contributed by atoms with Gasteiger partial charge in [0.2, 0.25) is 0 Å². The molecule has 2 unspecified atom stereocenters. The van der Waals surface area contributed by atoms with Crippen molar-refractivity contribution < 1.29 is 42.1 Å². The Balaban J connectivity index is 3.91. The molecule has 0 radical (unpaired) electrons. The summed E-state index contributed by atoms with van der Waals surface area (Å²) >= 11 is 0. The number of carbonyl (C=O) groups excluding carboxylic acids is 2. The summed E-state index contributed by atoms with van der Waals surface area (Å²) in [5.41, 5.74) is 0. The Labute approximate surface area is 534 Å². The standard InChI is InChI=1S/C76H144NO8P/c1-6-8-10-12-14-16-18-20-22-24-26-28-30-31-32-33-34-35-36-37-38-39-40-41-42-43-44-45-47-49-51-53-55-57-59-61-63-65-67-69-76(79)85-74(73-84-86(80,81)83-71-70-77(3,4)5)72-82-75(78)68-66-64-62-60-58-56-54-52-50-48-46-29-27-25-23-21-19-17-15-13-11-9-7-2/h18-21,24-27,74H,6-17,22-23,28-73H2,1-5H3/p+1/b20-18-,21-19-,26-24-,27-25-. The van der Waals surface area contributed by atoms with Crippen LogP contribution < -0.4 is 0 Å². The lowest BCUT2D eigenvalue weighted by molar-refractivity contribution is -0.870. The molecule has 0 fully saturated rings. The van der Waals surface area contributed by atoms with E-state index in [0.29, 0.717) is 17.4 Å². The van der Waals surface area contributed by atoms with Gasteiger partial charge in [-0.25, -0.2) is 4.57 Å². The van der Waals surface area contributed by atoms with Gasteiger partial charge in [-0.3, -0.25) is 18.6 Å². The molecule has 10 heteroatoms.